The maximum Gasteiger partial charge on any atom is 0 e. The van der Waals surface area contributed by atoms with Crippen LogP contribution in [-0.4, -0.2) is 27.4 Å². The van der Waals surface area contributed by atoms with Crippen molar-refractivity contribution < 1.29 is 96.2 Å². The molecule has 5 nitrogen and oxygen atoms in total. The molecule has 0 bridgehead atoms. The molecule has 0 amide bonds. The third-order valence-electron chi connectivity index (χ3n) is 0. The SMILES string of the molecule is O.O.O.O.O.[Cr].[Cr].[Cu].[Cu]. The molecular formula is H10Cr2Cu2O5. The van der Waals surface area contributed by atoms with Crippen LogP contribution in [0.15, 0.2) is 0 Å². The summed E-state index contributed by atoms with van der Waals surface area (Å²) in [6, 6.07) is 0. The second kappa shape index (κ2) is 217. The molecule has 0 aliphatic carbocycles. The van der Waals surface area contributed by atoms with Crippen LogP contribution >= 0.6 is 0 Å². The zero-order chi connectivity index (χ0) is 0. The van der Waals surface area contributed by atoms with Crippen LogP contribution in [0.1, 0.15) is 0 Å². The maximum absolute atomic E-state index is 0. The first-order valence-corrected chi connectivity index (χ1v) is 0. The Bertz CT molecular complexity index is 12.9. The minimum atomic E-state index is 0. The predicted octanol–water partition coefficient (Wildman–Crippen LogP) is -4.13. The summed E-state index contributed by atoms with van der Waals surface area (Å²) in [5.41, 5.74) is 0. The monoisotopic (exact) mass is 320 g/mol. The quantitative estimate of drug-likeness (QED) is 0.397. The molecule has 0 unspecified atom stereocenters. The summed E-state index contributed by atoms with van der Waals surface area (Å²) < 4.78 is 0. The van der Waals surface area contributed by atoms with E-state index in [4.69, 9.17) is 0 Å². The Hall–Kier alpha value is 1.90. The summed E-state index contributed by atoms with van der Waals surface area (Å²) in [4.78, 5) is 0. The van der Waals surface area contributed by atoms with Gasteiger partial charge in [-0.2, -0.15) is 0 Å². The molecule has 0 atom stereocenters. The van der Waals surface area contributed by atoms with Crippen LogP contribution in [0.25, 0.3) is 0 Å². The predicted molar refractivity (Wildman–Crippen MR) is 18.1 cm³/mol. The van der Waals surface area contributed by atoms with Crippen LogP contribution in [0.2, 0.25) is 0 Å². The first-order valence-electron chi connectivity index (χ1n) is 0. The van der Waals surface area contributed by atoms with Gasteiger partial charge in [0.25, 0.3) is 0 Å². The van der Waals surface area contributed by atoms with E-state index >= 15 is 0 Å². The van der Waals surface area contributed by atoms with Crippen molar-refractivity contribution in [3.05, 3.63) is 0 Å². The number of hydrogen-bond acceptors (Lipinski definition) is 0. The van der Waals surface area contributed by atoms with E-state index in [9.17, 15) is 0 Å². The zero-order valence-electron chi connectivity index (χ0n) is 3.92. The summed E-state index contributed by atoms with van der Waals surface area (Å²) in [6.45, 7) is 0. The summed E-state index contributed by atoms with van der Waals surface area (Å²) in [5.74, 6) is 0. The van der Waals surface area contributed by atoms with Gasteiger partial charge in [-0.1, -0.05) is 0 Å². The molecule has 9 heteroatoms. The van der Waals surface area contributed by atoms with Gasteiger partial charge < -0.3 is 27.4 Å². The minimum absolute atomic E-state index is 0. The zero-order valence-corrected chi connectivity index (χ0v) is 8.35. The molecule has 2 radical (unpaired) electrons. The van der Waals surface area contributed by atoms with Crippen molar-refractivity contribution in [1.82, 2.24) is 0 Å². The van der Waals surface area contributed by atoms with Crippen molar-refractivity contribution in [2.24, 2.45) is 0 Å². The van der Waals surface area contributed by atoms with Crippen molar-refractivity contribution in [2.75, 3.05) is 0 Å². The van der Waals surface area contributed by atoms with Gasteiger partial charge in [0.15, 0.2) is 0 Å². The topological polar surface area (TPSA) is 158 Å². The molecular weight excluding hydrogens is 311 g/mol. The van der Waals surface area contributed by atoms with Gasteiger partial charge in [0, 0.05) is 68.9 Å². The minimum Gasteiger partial charge on any atom is -0.412 e. The van der Waals surface area contributed by atoms with Gasteiger partial charge in [-0.15, -0.1) is 0 Å². The fraction of sp³-hybridized carbons (Fsp3) is 0. The third kappa shape index (κ3) is 171. The maximum atomic E-state index is 0. The van der Waals surface area contributed by atoms with E-state index in [2.05, 4.69) is 0 Å². The number of hydrogen-bond donors (Lipinski definition) is 0. The molecule has 74 valence electrons. The van der Waals surface area contributed by atoms with E-state index in [1.165, 1.54) is 0 Å². The third-order valence-corrected chi connectivity index (χ3v) is 0. The molecule has 0 aromatic carbocycles. The summed E-state index contributed by atoms with van der Waals surface area (Å²) in [5, 5.41) is 0. The van der Waals surface area contributed by atoms with E-state index in [-0.39, 0.29) is 96.2 Å². The van der Waals surface area contributed by atoms with Gasteiger partial charge in [0.05, 0.1) is 0 Å². The second-order valence-corrected chi connectivity index (χ2v) is 0. The average molecular weight is 321 g/mol. The molecule has 0 aromatic heterocycles. The molecule has 0 spiro atoms. The number of rotatable bonds is 0. The Labute approximate surface area is 95.7 Å². The van der Waals surface area contributed by atoms with Gasteiger partial charge >= 0.3 is 0 Å². The summed E-state index contributed by atoms with van der Waals surface area (Å²) in [6.07, 6.45) is 0. The fourth-order valence-electron chi connectivity index (χ4n) is 0. The van der Waals surface area contributed by atoms with Crippen LogP contribution in [0.4, 0.5) is 0 Å². The first-order chi connectivity index (χ1) is 0. The molecule has 0 aliphatic heterocycles. The van der Waals surface area contributed by atoms with Crippen LogP contribution < -0.4 is 0 Å². The van der Waals surface area contributed by atoms with E-state index in [1.807, 2.05) is 0 Å². The van der Waals surface area contributed by atoms with E-state index < -0.39 is 0 Å². The Morgan fingerprint density at radius 2 is 0.333 bits per heavy atom. The normalized spacial score (nSPS) is 0. The fourth-order valence-corrected chi connectivity index (χ4v) is 0. The van der Waals surface area contributed by atoms with Gasteiger partial charge in [0.2, 0.25) is 0 Å². The average Bonchev–Trinajstić information content (AvgIpc) is 0. The molecule has 9 heavy (non-hydrogen) atoms. The molecule has 0 aromatic rings. The van der Waals surface area contributed by atoms with Crippen LogP contribution in [0.5, 0.6) is 0 Å². The van der Waals surface area contributed by atoms with Crippen LogP contribution in [0, 0.1) is 0 Å². The molecule has 0 heterocycles. The van der Waals surface area contributed by atoms with Gasteiger partial charge in [-0.3, -0.25) is 0 Å². The summed E-state index contributed by atoms with van der Waals surface area (Å²) in [7, 11) is 0. The van der Waals surface area contributed by atoms with Crippen molar-refractivity contribution in [1.29, 1.82) is 0 Å². The van der Waals surface area contributed by atoms with Crippen molar-refractivity contribution in [2.45, 2.75) is 0 Å². The van der Waals surface area contributed by atoms with Gasteiger partial charge in [-0.05, 0) is 0 Å². The van der Waals surface area contributed by atoms with Crippen LogP contribution in [0.3, 0.4) is 0 Å². The van der Waals surface area contributed by atoms with Crippen molar-refractivity contribution in [3.8, 4) is 0 Å². The molecule has 0 aliphatic rings. The van der Waals surface area contributed by atoms with E-state index in [0.717, 1.165) is 0 Å². The van der Waals surface area contributed by atoms with E-state index in [1.54, 1.807) is 0 Å². The van der Waals surface area contributed by atoms with Crippen LogP contribution in [-0.2, 0) is 68.9 Å². The Balaban J connectivity index is 0. The molecule has 0 rings (SSSR count). The molecule has 0 saturated carbocycles. The Kier molecular flexibility index (Phi) is 7100. The standard InChI is InChI=1S/2Cr.2Cu.5H2O/h;;;;5*1H2. The molecule has 0 saturated heterocycles. The first kappa shape index (κ1) is 295. The van der Waals surface area contributed by atoms with Gasteiger partial charge in [-0.25, -0.2) is 0 Å². The molecule has 0 fully saturated rings. The second-order valence-electron chi connectivity index (χ2n) is 0. The summed E-state index contributed by atoms with van der Waals surface area (Å²) >= 11 is 0. The van der Waals surface area contributed by atoms with E-state index in [0.29, 0.717) is 0 Å². The van der Waals surface area contributed by atoms with Gasteiger partial charge in [0.1, 0.15) is 0 Å². The van der Waals surface area contributed by atoms with Crippen molar-refractivity contribution in [3.63, 3.8) is 0 Å². The molecule has 10 N–H and O–H groups in total. The largest absolute Gasteiger partial charge is 0.412 e. The van der Waals surface area contributed by atoms with Crippen molar-refractivity contribution >= 4 is 0 Å². The Morgan fingerprint density at radius 3 is 0.333 bits per heavy atom. The smallest absolute Gasteiger partial charge is 0 e. The Morgan fingerprint density at radius 1 is 0.333 bits per heavy atom.